The minimum Gasteiger partial charge on any atom is -0.491 e. The van der Waals surface area contributed by atoms with E-state index in [9.17, 15) is 13.5 Å². The number of nitrogens with zero attached hydrogens (tertiary/aromatic N) is 2. The third-order valence-electron chi connectivity index (χ3n) is 5.70. The molecule has 0 aliphatic carbocycles. The molecule has 0 unspecified atom stereocenters. The number of aryl methyl sites for hydroxylation is 1. The van der Waals surface area contributed by atoms with Gasteiger partial charge in [0.05, 0.1) is 29.1 Å². The molecular formula is C23H28N2O4S. The molecule has 0 spiro atoms. The van der Waals surface area contributed by atoms with Crippen LogP contribution < -0.4 is 4.74 Å². The van der Waals surface area contributed by atoms with Gasteiger partial charge in [-0.15, -0.1) is 0 Å². The van der Waals surface area contributed by atoms with Gasteiger partial charge in [-0.1, -0.05) is 31.2 Å². The van der Waals surface area contributed by atoms with E-state index in [4.69, 9.17) is 9.72 Å². The molecule has 30 heavy (non-hydrogen) atoms. The second kappa shape index (κ2) is 8.78. The van der Waals surface area contributed by atoms with Crippen molar-refractivity contribution in [3.8, 4) is 5.75 Å². The van der Waals surface area contributed by atoms with Crippen molar-refractivity contribution in [3.63, 3.8) is 0 Å². The number of hydrogen-bond donors (Lipinski definition) is 1. The van der Waals surface area contributed by atoms with Crippen molar-refractivity contribution < 1.29 is 18.3 Å². The van der Waals surface area contributed by atoms with E-state index in [-0.39, 0.29) is 24.0 Å². The second-order valence-corrected chi connectivity index (χ2v) is 10.3. The average Bonchev–Trinajstić information content (AvgIpc) is 3.26. The third-order valence-corrected chi connectivity index (χ3v) is 7.54. The van der Waals surface area contributed by atoms with Gasteiger partial charge >= 0.3 is 0 Å². The molecule has 160 valence electrons. The zero-order valence-corrected chi connectivity index (χ0v) is 18.0. The Bertz CT molecular complexity index is 1110. The van der Waals surface area contributed by atoms with Crippen molar-refractivity contribution in [2.45, 2.75) is 38.8 Å². The maximum absolute atomic E-state index is 11.8. The highest BCUT2D eigenvalue weighted by atomic mass is 32.2. The zero-order chi connectivity index (χ0) is 21.1. The first kappa shape index (κ1) is 20.9. The summed E-state index contributed by atoms with van der Waals surface area (Å²) < 4.78 is 31.5. The molecule has 1 aromatic heterocycles. The van der Waals surface area contributed by atoms with Gasteiger partial charge in [-0.05, 0) is 48.6 Å². The standard InChI is InChI=1S/C23H28N2O4S/c1-2-17-7-9-20(10-8-17)29-15-19(26)14-25-22-6-4-3-5-21(22)24-23(25)13-18-11-12-30(27,28)16-18/h3-10,18-19,26H,2,11-16H2,1H3/t18-,19+/m1/s1. The number of rotatable bonds is 8. The number of aromatic nitrogens is 2. The molecule has 1 aliphatic rings. The first-order valence-corrected chi connectivity index (χ1v) is 12.3. The van der Waals surface area contributed by atoms with Crippen molar-refractivity contribution >= 4 is 20.9 Å². The number of aliphatic hydroxyl groups excluding tert-OH is 1. The Morgan fingerprint density at radius 1 is 1.20 bits per heavy atom. The highest BCUT2D eigenvalue weighted by Gasteiger charge is 2.29. The van der Waals surface area contributed by atoms with Crippen LogP contribution in [0.3, 0.4) is 0 Å². The van der Waals surface area contributed by atoms with Crippen molar-refractivity contribution in [2.75, 3.05) is 18.1 Å². The fourth-order valence-corrected chi connectivity index (χ4v) is 5.92. The van der Waals surface area contributed by atoms with Crippen molar-refractivity contribution in [2.24, 2.45) is 5.92 Å². The lowest BCUT2D eigenvalue weighted by Crippen LogP contribution is -2.25. The molecule has 0 radical (unpaired) electrons. The van der Waals surface area contributed by atoms with E-state index in [1.54, 1.807) is 0 Å². The van der Waals surface area contributed by atoms with Gasteiger partial charge in [0.25, 0.3) is 0 Å². The van der Waals surface area contributed by atoms with Crippen LogP contribution in [0.15, 0.2) is 48.5 Å². The summed E-state index contributed by atoms with van der Waals surface area (Å²) >= 11 is 0. The molecule has 1 fully saturated rings. The number of imidazole rings is 1. The van der Waals surface area contributed by atoms with Crippen LogP contribution in [0.1, 0.15) is 24.7 Å². The predicted molar refractivity (Wildman–Crippen MR) is 118 cm³/mol. The maximum atomic E-state index is 11.8. The quantitative estimate of drug-likeness (QED) is 0.596. The number of fused-ring (bicyclic) bond motifs is 1. The minimum absolute atomic E-state index is 0.0797. The van der Waals surface area contributed by atoms with E-state index in [1.165, 1.54) is 5.56 Å². The highest BCUT2D eigenvalue weighted by molar-refractivity contribution is 7.91. The Morgan fingerprint density at radius 3 is 2.67 bits per heavy atom. The smallest absolute Gasteiger partial charge is 0.150 e. The lowest BCUT2D eigenvalue weighted by atomic mass is 10.1. The van der Waals surface area contributed by atoms with E-state index in [1.807, 2.05) is 53.1 Å². The van der Waals surface area contributed by atoms with Gasteiger partial charge in [0.1, 0.15) is 24.3 Å². The molecule has 0 amide bonds. The second-order valence-electron chi connectivity index (χ2n) is 8.06. The van der Waals surface area contributed by atoms with Crippen molar-refractivity contribution in [3.05, 3.63) is 59.9 Å². The van der Waals surface area contributed by atoms with Gasteiger partial charge in [-0.3, -0.25) is 0 Å². The van der Waals surface area contributed by atoms with Crippen LogP contribution >= 0.6 is 0 Å². The molecule has 2 heterocycles. The van der Waals surface area contributed by atoms with E-state index in [0.717, 1.165) is 29.0 Å². The third kappa shape index (κ3) is 4.84. The van der Waals surface area contributed by atoms with Gasteiger partial charge in [-0.25, -0.2) is 13.4 Å². The molecule has 6 nitrogen and oxygen atoms in total. The maximum Gasteiger partial charge on any atom is 0.150 e. The van der Waals surface area contributed by atoms with Gasteiger partial charge in [0, 0.05) is 6.42 Å². The van der Waals surface area contributed by atoms with Crippen molar-refractivity contribution in [1.29, 1.82) is 0 Å². The molecule has 4 rings (SSSR count). The summed E-state index contributed by atoms with van der Waals surface area (Å²) in [5.41, 5.74) is 3.04. The van der Waals surface area contributed by atoms with E-state index in [0.29, 0.717) is 19.4 Å². The SMILES string of the molecule is CCc1ccc(OC[C@@H](O)Cn2c(C[C@H]3CCS(=O)(=O)C3)nc3ccccc32)cc1. The Labute approximate surface area is 177 Å². The highest BCUT2D eigenvalue weighted by Crippen LogP contribution is 2.25. The Kier molecular flexibility index (Phi) is 6.11. The molecule has 2 atom stereocenters. The summed E-state index contributed by atoms with van der Waals surface area (Å²) in [5.74, 6) is 2.11. The number of aliphatic hydroxyl groups is 1. The molecule has 1 N–H and O–H groups in total. The van der Waals surface area contributed by atoms with Gasteiger partial charge < -0.3 is 14.4 Å². The van der Waals surface area contributed by atoms with Crippen molar-refractivity contribution in [1.82, 2.24) is 9.55 Å². The summed E-state index contributed by atoms with van der Waals surface area (Å²) in [6, 6.07) is 15.7. The minimum atomic E-state index is -2.93. The van der Waals surface area contributed by atoms with Crippen LogP contribution in [-0.4, -0.2) is 47.3 Å². The van der Waals surface area contributed by atoms with E-state index < -0.39 is 15.9 Å². The summed E-state index contributed by atoms with van der Waals surface area (Å²) in [5, 5.41) is 10.6. The zero-order valence-electron chi connectivity index (χ0n) is 17.2. The fourth-order valence-electron chi connectivity index (χ4n) is 4.05. The van der Waals surface area contributed by atoms with Gasteiger partial charge in [0.15, 0.2) is 9.84 Å². The molecule has 7 heteroatoms. The molecule has 2 aromatic carbocycles. The average molecular weight is 429 g/mol. The number of ether oxygens (including phenoxy) is 1. The molecule has 1 aliphatic heterocycles. The Balaban J connectivity index is 1.47. The van der Waals surface area contributed by atoms with E-state index in [2.05, 4.69) is 6.92 Å². The number of sulfone groups is 1. The summed E-state index contributed by atoms with van der Waals surface area (Å²) in [7, 11) is -2.93. The van der Waals surface area contributed by atoms with Crippen LogP contribution in [0.2, 0.25) is 0 Å². The van der Waals surface area contributed by atoms with Crippen LogP contribution in [0, 0.1) is 5.92 Å². The number of para-hydroxylation sites is 2. The molecule has 1 saturated heterocycles. The monoisotopic (exact) mass is 428 g/mol. The molecule has 3 aromatic rings. The number of benzene rings is 2. The van der Waals surface area contributed by atoms with Crippen LogP contribution in [0.4, 0.5) is 0 Å². The lowest BCUT2D eigenvalue weighted by Gasteiger charge is -2.17. The normalized spacial score (nSPS) is 19.2. The topological polar surface area (TPSA) is 81.4 Å². The largest absolute Gasteiger partial charge is 0.491 e. The number of hydrogen-bond acceptors (Lipinski definition) is 5. The molecular weight excluding hydrogens is 400 g/mol. The lowest BCUT2D eigenvalue weighted by molar-refractivity contribution is 0.0925. The van der Waals surface area contributed by atoms with Gasteiger partial charge in [-0.2, -0.15) is 0 Å². The predicted octanol–water partition coefficient (Wildman–Crippen LogP) is 3.02. The summed E-state index contributed by atoms with van der Waals surface area (Å²) in [4.78, 5) is 4.73. The molecule has 0 saturated carbocycles. The van der Waals surface area contributed by atoms with E-state index >= 15 is 0 Å². The molecule has 0 bridgehead atoms. The van der Waals surface area contributed by atoms with Gasteiger partial charge in [0.2, 0.25) is 0 Å². The fraction of sp³-hybridized carbons (Fsp3) is 0.435. The van der Waals surface area contributed by atoms with Crippen LogP contribution in [0.25, 0.3) is 11.0 Å². The van der Waals surface area contributed by atoms with Crippen LogP contribution in [-0.2, 0) is 29.2 Å². The Hall–Kier alpha value is -2.38. The first-order chi connectivity index (χ1) is 14.4. The summed E-state index contributed by atoms with van der Waals surface area (Å²) in [6.45, 7) is 2.63. The Morgan fingerprint density at radius 2 is 1.97 bits per heavy atom. The van der Waals surface area contributed by atoms with Crippen LogP contribution in [0.5, 0.6) is 5.75 Å². The summed E-state index contributed by atoms with van der Waals surface area (Å²) in [6.07, 6.45) is 1.53. The first-order valence-electron chi connectivity index (χ1n) is 10.5.